The number of benzene rings is 2. The molecule has 4 nitrogen and oxygen atoms in total. The second-order valence-electron chi connectivity index (χ2n) is 12.2. The summed E-state index contributed by atoms with van der Waals surface area (Å²) >= 11 is 5.99. The summed E-state index contributed by atoms with van der Waals surface area (Å²) in [6.45, 7) is 21.2. The molecular weight excluding hydrogens is 472 g/mol. The molecule has 0 saturated heterocycles. The van der Waals surface area contributed by atoms with Crippen molar-refractivity contribution in [1.29, 1.82) is 0 Å². The second kappa shape index (κ2) is 15.0. The lowest BCUT2D eigenvalue weighted by Gasteiger charge is -2.20. The number of halogens is 1. The molecule has 0 aliphatic heterocycles. The highest BCUT2D eigenvalue weighted by Crippen LogP contribution is 2.30. The highest BCUT2D eigenvalue weighted by Gasteiger charge is 2.19. The summed E-state index contributed by atoms with van der Waals surface area (Å²) in [5, 5.41) is 17.7. The number of carbonyl (C=O) groups is 2. The van der Waals surface area contributed by atoms with Crippen LogP contribution in [0.25, 0.3) is 0 Å². The van der Waals surface area contributed by atoms with E-state index in [0.717, 1.165) is 18.4 Å². The minimum Gasteiger partial charge on any atom is -0.481 e. The lowest BCUT2D eigenvalue weighted by atomic mass is 9.86. The van der Waals surface area contributed by atoms with E-state index in [1.165, 1.54) is 17.2 Å². The third-order valence-corrected chi connectivity index (χ3v) is 5.55. The van der Waals surface area contributed by atoms with Gasteiger partial charge in [-0.2, -0.15) is 0 Å². The molecule has 5 heteroatoms. The third kappa shape index (κ3) is 15.6. The minimum atomic E-state index is -0.924. The molecule has 0 bridgehead atoms. The molecule has 0 aliphatic carbocycles. The van der Waals surface area contributed by atoms with Gasteiger partial charge in [-0.3, -0.25) is 4.79 Å². The Morgan fingerprint density at radius 2 is 1.39 bits per heavy atom. The van der Waals surface area contributed by atoms with Crippen LogP contribution in [0.2, 0.25) is 5.02 Å². The highest BCUT2D eigenvalue weighted by atomic mass is 35.5. The van der Waals surface area contributed by atoms with Crippen molar-refractivity contribution < 1.29 is 19.8 Å². The van der Waals surface area contributed by atoms with Crippen LogP contribution in [-0.2, 0) is 15.6 Å². The number of aliphatic carboxylic acids is 1. The second-order valence-corrected chi connectivity index (χ2v) is 12.6. The van der Waals surface area contributed by atoms with E-state index in [1.54, 1.807) is 12.1 Å². The Labute approximate surface area is 225 Å². The molecule has 2 aromatic rings. The largest absolute Gasteiger partial charge is 0.481 e. The maximum absolute atomic E-state index is 10.7. The van der Waals surface area contributed by atoms with Crippen molar-refractivity contribution >= 4 is 23.5 Å². The van der Waals surface area contributed by atoms with Crippen LogP contribution in [0, 0.1) is 12.3 Å². The van der Waals surface area contributed by atoms with Gasteiger partial charge in [-0.15, -0.1) is 0 Å². The minimum absolute atomic E-state index is 0. The lowest BCUT2D eigenvalue weighted by Crippen LogP contribution is -2.13. The standard InChI is InChI=1S/C11H13ClO2.C11H16.C8H16O2.CH4/c1-11(2,3)8-6-7(10(13)14)4-5-9(8)12;1-9-6-5-7-10(8-9)11(2,3)4;1-8(2,3)6-4-5-7(9)10;/h4-6H,1-3H3,(H,13,14);5-8H,1-4H3;4-6H2,1-3H3,(H,9,10);1H4. The van der Waals surface area contributed by atoms with Crippen LogP contribution in [0.4, 0.5) is 0 Å². The summed E-state index contributed by atoms with van der Waals surface area (Å²) in [4.78, 5) is 20.8. The Bertz CT molecular complexity index is 958. The number of aromatic carboxylic acids is 1. The Morgan fingerprint density at radius 3 is 1.75 bits per heavy atom. The van der Waals surface area contributed by atoms with Gasteiger partial charge in [0, 0.05) is 11.4 Å². The van der Waals surface area contributed by atoms with Crippen molar-refractivity contribution in [3.63, 3.8) is 0 Å². The molecule has 36 heavy (non-hydrogen) atoms. The average Bonchev–Trinajstić information content (AvgIpc) is 2.66. The smallest absolute Gasteiger partial charge is 0.335 e. The van der Waals surface area contributed by atoms with E-state index < -0.39 is 11.9 Å². The molecule has 0 heterocycles. The maximum atomic E-state index is 10.7. The van der Waals surface area contributed by atoms with Crippen LogP contribution in [0.3, 0.4) is 0 Å². The van der Waals surface area contributed by atoms with Gasteiger partial charge >= 0.3 is 11.9 Å². The van der Waals surface area contributed by atoms with Crippen LogP contribution in [0.15, 0.2) is 42.5 Å². The first-order valence-corrected chi connectivity index (χ1v) is 12.4. The zero-order valence-corrected chi connectivity index (χ0v) is 24.0. The fourth-order valence-corrected chi connectivity index (χ4v) is 3.52. The number of carboxylic acid groups (broad SMARTS) is 2. The first-order valence-electron chi connectivity index (χ1n) is 12.1. The average molecular weight is 521 g/mol. The first kappa shape index (κ1) is 35.8. The number of carboxylic acids is 2. The first-order chi connectivity index (χ1) is 15.7. The summed E-state index contributed by atoms with van der Waals surface area (Å²) in [6, 6.07) is 13.5. The van der Waals surface area contributed by atoms with Crippen LogP contribution in [-0.4, -0.2) is 22.2 Å². The number of rotatable bonds is 4. The van der Waals surface area contributed by atoms with Gasteiger partial charge in [-0.25, -0.2) is 4.79 Å². The fraction of sp³-hybridized carbons (Fsp3) is 0.548. The highest BCUT2D eigenvalue weighted by molar-refractivity contribution is 6.31. The van der Waals surface area contributed by atoms with E-state index in [2.05, 4.69) is 72.7 Å². The number of hydrogen-bond acceptors (Lipinski definition) is 2. The van der Waals surface area contributed by atoms with Crippen LogP contribution in [0.5, 0.6) is 0 Å². The van der Waals surface area contributed by atoms with Crippen LogP contribution < -0.4 is 0 Å². The fourth-order valence-electron chi connectivity index (χ4n) is 3.11. The third-order valence-electron chi connectivity index (χ3n) is 5.22. The number of hydrogen-bond donors (Lipinski definition) is 2. The van der Waals surface area contributed by atoms with Gasteiger partial charge in [0.15, 0.2) is 0 Å². The summed E-state index contributed by atoms with van der Waals surface area (Å²) < 4.78 is 0. The molecular formula is C31H49ClO4. The summed E-state index contributed by atoms with van der Waals surface area (Å²) in [7, 11) is 0. The molecule has 0 radical (unpaired) electrons. The summed E-state index contributed by atoms with van der Waals surface area (Å²) in [6.07, 6.45) is 2.08. The predicted octanol–water partition coefficient (Wildman–Crippen LogP) is 9.55. The van der Waals surface area contributed by atoms with E-state index in [4.69, 9.17) is 21.8 Å². The summed E-state index contributed by atoms with van der Waals surface area (Å²) in [5.74, 6) is -1.61. The van der Waals surface area contributed by atoms with Gasteiger partial charge in [0.05, 0.1) is 5.56 Å². The Kier molecular flexibility index (Phi) is 15.0. The normalized spacial score (nSPS) is 11.2. The van der Waals surface area contributed by atoms with Crippen molar-refractivity contribution in [2.75, 3.05) is 0 Å². The van der Waals surface area contributed by atoms with Gasteiger partial charge < -0.3 is 10.2 Å². The van der Waals surface area contributed by atoms with E-state index in [9.17, 15) is 9.59 Å². The topological polar surface area (TPSA) is 74.6 Å². The van der Waals surface area contributed by atoms with Crippen molar-refractivity contribution in [3.05, 3.63) is 69.7 Å². The molecule has 0 spiro atoms. The molecule has 0 fully saturated rings. The van der Waals surface area contributed by atoms with E-state index in [-0.39, 0.29) is 29.2 Å². The van der Waals surface area contributed by atoms with Gasteiger partial charge in [0.25, 0.3) is 0 Å². The lowest BCUT2D eigenvalue weighted by molar-refractivity contribution is -0.137. The molecule has 0 unspecified atom stereocenters. The van der Waals surface area contributed by atoms with E-state index >= 15 is 0 Å². The van der Waals surface area contributed by atoms with Crippen molar-refractivity contribution in [2.45, 2.75) is 107 Å². The molecule has 0 amide bonds. The van der Waals surface area contributed by atoms with Crippen molar-refractivity contribution in [1.82, 2.24) is 0 Å². The molecule has 2 aromatic carbocycles. The Balaban J connectivity index is 0. The monoisotopic (exact) mass is 520 g/mol. The van der Waals surface area contributed by atoms with Crippen molar-refractivity contribution in [2.24, 2.45) is 5.41 Å². The Morgan fingerprint density at radius 1 is 0.833 bits per heavy atom. The van der Waals surface area contributed by atoms with E-state index in [1.807, 2.05) is 20.8 Å². The summed E-state index contributed by atoms with van der Waals surface area (Å²) in [5.41, 5.74) is 4.32. The van der Waals surface area contributed by atoms with E-state index in [0.29, 0.717) is 11.4 Å². The molecule has 2 N–H and O–H groups in total. The molecule has 2 rings (SSSR count). The Hall–Kier alpha value is -2.33. The molecule has 0 aliphatic rings. The SMILES string of the molecule is C.CC(C)(C)CCCC(=O)O.CC(C)(C)c1cc(C(=O)O)ccc1Cl.Cc1cccc(C(C)(C)C)c1. The van der Waals surface area contributed by atoms with Crippen LogP contribution in [0.1, 0.15) is 116 Å². The predicted molar refractivity (Wildman–Crippen MR) is 155 cm³/mol. The molecule has 0 atom stereocenters. The molecule has 204 valence electrons. The van der Waals surface area contributed by atoms with Crippen molar-refractivity contribution in [3.8, 4) is 0 Å². The zero-order valence-electron chi connectivity index (χ0n) is 23.3. The molecule has 0 aromatic heterocycles. The van der Waals surface area contributed by atoms with Gasteiger partial charge in [-0.05, 0) is 65.3 Å². The quantitative estimate of drug-likeness (QED) is 0.420. The maximum Gasteiger partial charge on any atom is 0.335 e. The van der Waals surface area contributed by atoms with Gasteiger partial charge in [-0.1, -0.05) is 111 Å². The zero-order chi connectivity index (χ0) is 27.6. The number of aryl methyl sites for hydroxylation is 1. The van der Waals surface area contributed by atoms with Gasteiger partial charge in [0.1, 0.15) is 0 Å². The van der Waals surface area contributed by atoms with Crippen LogP contribution >= 0.6 is 11.6 Å². The molecule has 0 saturated carbocycles. The van der Waals surface area contributed by atoms with Gasteiger partial charge in [0.2, 0.25) is 0 Å².